The molecule has 131 heavy (non-hydrogen) atoms. The van der Waals surface area contributed by atoms with Crippen LogP contribution in [-0.2, 0) is 112 Å². The standard InChI is InChI=1S/C88H119N21O21S/c1-8-10-12-24-70-88(130)106(6)67(23-11-9-2)81(123)96-48(3)75(117)104-66(77(119)94-43-72(90)113)45-131-46-73(114)97-62(35-50-27-29-54(111)30-28-50)84(126)105(5)49(4)76(118)101-64(39-74(115)116)87(129)109-34-18-26-69(109)83(125)100-61(38-53-42-91-47-95-53)79(121)98-59(31-32-71(89)112)86(128)108-33-17-25-68(108)82(124)99-60(36-51-40-92-57-21-15-13-19-55(51)57)78(120)103-65(44-110)80(122)102-63(85(127)107(70)7)37-52-41-93-58-22-16-14-20-56(52)58/h13-16,19-22,27-30,40-42,47-49,59-70,92-93,110-111H,8-12,17-18,23-26,31-39,43-46H2,1-7H3,(H2,89,112)(H2,90,113)(H,91,95)(H,94,119)(H,96,123)(H,97,114)(H,98,121)(H,99,124)(H,100,125)(H,101,118)(H,102,122)(H,103,120)(H,104,117)(H,115,116)/t48-,49-,59-,60-,61-,62-,63-,64-,65-,66-,67-,68-,69-,70-/m0/s1. The van der Waals surface area contributed by atoms with E-state index in [1.165, 1.54) is 71.8 Å². The molecule has 0 radical (unpaired) electrons. The number of carboxylic acid groups (broad SMARTS) is 1. The first-order valence-electron chi connectivity index (χ1n) is 43.7. The summed E-state index contributed by atoms with van der Waals surface area (Å²) < 4.78 is 0. The molecule has 20 N–H and O–H groups in total. The summed E-state index contributed by atoms with van der Waals surface area (Å²) in [5, 5.41) is 58.8. The Morgan fingerprint density at radius 1 is 0.511 bits per heavy atom. The van der Waals surface area contributed by atoms with E-state index in [0.29, 0.717) is 70.6 Å². The number of hydrogen-bond donors (Lipinski definition) is 18. The summed E-state index contributed by atoms with van der Waals surface area (Å²) in [4.78, 5) is 279. The van der Waals surface area contributed by atoms with Crippen LogP contribution in [-0.4, -0.2) is 310 Å². The van der Waals surface area contributed by atoms with Gasteiger partial charge in [0.25, 0.3) is 0 Å². The fourth-order valence-electron chi connectivity index (χ4n) is 16.1. The fourth-order valence-corrected chi connectivity index (χ4v) is 17.0. The molecule has 9 rings (SSSR count). The fraction of sp³-hybridized carbons (Fsp3) is 0.511. The van der Waals surface area contributed by atoms with Gasteiger partial charge in [0, 0.05) is 118 Å². The Balaban J connectivity index is 1.08. The highest BCUT2D eigenvalue weighted by Crippen LogP contribution is 2.28. The minimum atomic E-state index is -1.91. The van der Waals surface area contributed by atoms with E-state index in [1.54, 1.807) is 60.9 Å². The molecule has 14 atom stereocenters. The number of aliphatic hydroxyl groups excluding tert-OH is 1. The largest absolute Gasteiger partial charge is 0.508 e. The Morgan fingerprint density at radius 2 is 1.03 bits per heavy atom. The second-order valence-corrected chi connectivity index (χ2v) is 34.1. The number of aliphatic hydroxyl groups is 1. The highest BCUT2D eigenvalue weighted by molar-refractivity contribution is 8.00. The van der Waals surface area contributed by atoms with Gasteiger partial charge in [-0.1, -0.05) is 94.5 Å². The van der Waals surface area contributed by atoms with Crippen LogP contribution in [0.25, 0.3) is 21.8 Å². The number of rotatable bonds is 24. The molecule has 42 nitrogen and oxygen atoms in total. The van der Waals surface area contributed by atoms with E-state index in [9.17, 15) is 72.9 Å². The van der Waals surface area contributed by atoms with Gasteiger partial charge in [-0.3, -0.25) is 86.3 Å². The van der Waals surface area contributed by atoms with Gasteiger partial charge >= 0.3 is 5.97 Å². The van der Waals surface area contributed by atoms with Crippen LogP contribution in [0, 0.1) is 0 Å². The zero-order valence-electron chi connectivity index (χ0n) is 74.2. The lowest BCUT2D eigenvalue weighted by atomic mass is 9.99. The third kappa shape index (κ3) is 27.8. The summed E-state index contributed by atoms with van der Waals surface area (Å²) in [6.07, 6.45) is 5.43. The Kier molecular flexibility index (Phi) is 37.3. The van der Waals surface area contributed by atoms with Gasteiger partial charge in [-0.15, -0.1) is 11.8 Å². The molecule has 6 heterocycles. The summed E-state index contributed by atoms with van der Waals surface area (Å²) in [5.41, 5.74) is 14.0. The number of hydrogen-bond acceptors (Lipinski definition) is 22. The number of phenolic OH excluding ortho intramolecular Hbond substituents is 1. The second-order valence-electron chi connectivity index (χ2n) is 33.1. The quantitative estimate of drug-likeness (QED) is 0.0293. The average Bonchev–Trinajstić information content (AvgIpc) is 1.66. The van der Waals surface area contributed by atoms with Crippen molar-refractivity contribution in [2.75, 3.05) is 58.9 Å². The molecule has 43 heteroatoms. The van der Waals surface area contributed by atoms with Gasteiger partial charge in [0.15, 0.2) is 0 Å². The number of H-pyrrole nitrogens is 3. The van der Waals surface area contributed by atoms with E-state index < -0.39 is 235 Å². The number of benzene rings is 3. The maximum atomic E-state index is 15.7. The number of nitrogens with zero attached hydrogens (tertiary/aromatic N) is 6. The van der Waals surface area contributed by atoms with Crippen molar-refractivity contribution in [2.24, 2.45) is 11.5 Å². The molecule has 17 amide bonds. The minimum Gasteiger partial charge on any atom is -0.508 e. The summed E-state index contributed by atoms with van der Waals surface area (Å²) in [6, 6.07) is -2.24. The van der Waals surface area contributed by atoms with Gasteiger partial charge in [0.2, 0.25) is 100 Å². The molecule has 3 aromatic carbocycles. The monoisotopic (exact) mass is 1840 g/mol. The first-order chi connectivity index (χ1) is 62.5. The zero-order valence-corrected chi connectivity index (χ0v) is 75.0. The second kappa shape index (κ2) is 48.2. The van der Waals surface area contributed by atoms with E-state index in [1.807, 2.05) is 13.8 Å². The molecule has 0 bridgehead atoms. The predicted octanol–water partition coefficient (Wildman–Crippen LogP) is -1.93. The van der Waals surface area contributed by atoms with Gasteiger partial charge in [0.05, 0.1) is 31.7 Å². The summed E-state index contributed by atoms with van der Waals surface area (Å²) in [7, 11) is 3.91. The van der Waals surface area contributed by atoms with Gasteiger partial charge < -0.3 is 119 Å². The zero-order chi connectivity index (χ0) is 95.4. The minimum absolute atomic E-state index is 0.0223. The number of carbonyl (C=O) groups excluding carboxylic acids is 17. The highest BCUT2D eigenvalue weighted by Gasteiger charge is 2.46. The number of para-hydroxylation sites is 2. The van der Waals surface area contributed by atoms with Crippen LogP contribution in [0.2, 0.25) is 0 Å². The number of carboxylic acids is 1. The summed E-state index contributed by atoms with van der Waals surface area (Å²) in [6.45, 7) is 4.21. The molecule has 6 aromatic rings. The number of nitrogens with one attached hydrogen (secondary N) is 13. The number of fused-ring (bicyclic) bond motifs is 4. The first-order valence-corrected chi connectivity index (χ1v) is 44.9. The molecular weight excluding hydrogens is 1720 g/mol. The number of phenols is 1. The number of thioether (sulfide) groups is 1. The number of primary amides is 2. The maximum absolute atomic E-state index is 15.7. The molecule has 0 unspecified atom stereocenters. The van der Waals surface area contributed by atoms with E-state index in [2.05, 4.69) is 73.1 Å². The molecular formula is C88H119N21O21S. The number of aromatic amines is 3. The molecule has 3 aliphatic heterocycles. The van der Waals surface area contributed by atoms with Crippen molar-refractivity contribution in [1.29, 1.82) is 0 Å². The number of likely N-dealkylation sites (N-methyl/N-ethyl adjacent to an activating group) is 3. The van der Waals surface area contributed by atoms with E-state index in [0.717, 1.165) is 36.3 Å². The predicted molar refractivity (Wildman–Crippen MR) is 477 cm³/mol. The van der Waals surface area contributed by atoms with Crippen molar-refractivity contribution < 1.29 is 102 Å². The van der Waals surface area contributed by atoms with Crippen LogP contribution in [0.5, 0.6) is 5.75 Å². The number of aliphatic carboxylic acids is 1. The van der Waals surface area contributed by atoms with Crippen LogP contribution in [0.15, 0.2) is 97.7 Å². The first kappa shape index (κ1) is 101. The molecule has 3 saturated heterocycles. The molecule has 0 saturated carbocycles. The van der Waals surface area contributed by atoms with Gasteiger partial charge in [-0.05, 0) is 99.7 Å². The third-order valence-electron chi connectivity index (χ3n) is 23.6. The highest BCUT2D eigenvalue weighted by atomic mass is 32.2. The maximum Gasteiger partial charge on any atom is 0.305 e. The Labute approximate surface area is 759 Å². The molecule has 0 spiro atoms. The number of amides is 17. The molecule has 0 aliphatic carbocycles. The van der Waals surface area contributed by atoms with Crippen LogP contribution in [0.4, 0.5) is 0 Å². The average molecular weight is 1840 g/mol. The smallest absolute Gasteiger partial charge is 0.305 e. The van der Waals surface area contributed by atoms with Crippen molar-refractivity contribution in [3.8, 4) is 5.75 Å². The van der Waals surface area contributed by atoms with Crippen LogP contribution < -0.4 is 64.6 Å². The SMILES string of the molecule is CCCCC[C@H]1C(=O)N(C)[C@@H](CCCC)C(=O)N[C@@H](C)C(=O)N[C@H](C(=O)NCC(N)=O)CSCC(=O)N[C@@H](Cc2ccc(O)cc2)C(=O)N(C)[C@@H](C)C(=O)N[C@@H](CC(=O)O)C(=O)N2CCC[C@H]2C(=O)N[C@@H](Cc2cnc[nH]2)C(=O)N[C@@H](CCC(N)=O)C(=O)N2CCC[C@H]2C(=O)N[C@@H](Cc2c[nH]c3ccccc23)C(=O)N[C@@H](CO)C(=O)N[C@@H](Cc2c[nH]c3ccccc23)C(=O)N1C. The van der Waals surface area contributed by atoms with Crippen LogP contribution >= 0.6 is 11.8 Å². The van der Waals surface area contributed by atoms with Crippen molar-refractivity contribution in [2.45, 2.75) is 228 Å². The number of carbonyl (C=O) groups is 18. The molecule has 3 aliphatic rings. The normalized spacial score (nSPS) is 24.6. The van der Waals surface area contributed by atoms with Gasteiger partial charge in [-0.2, -0.15) is 0 Å². The van der Waals surface area contributed by atoms with E-state index >= 15 is 28.8 Å². The van der Waals surface area contributed by atoms with E-state index in [4.69, 9.17) is 11.5 Å². The number of imidazole rings is 1. The number of unbranched alkanes of at least 4 members (excludes halogenated alkanes) is 3. The summed E-state index contributed by atoms with van der Waals surface area (Å²) >= 11 is 0.768. The van der Waals surface area contributed by atoms with Crippen molar-refractivity contribution in [1.82, 2.24) is 97.6 Å². The van der Waals surface area contributed by atoms with Crippen molar-refractivity contribution in [3.05, 3.63) is 120 Å². The van der Waals surface area contributed by atoms with E-state index in [-0.39, 0.29) is 88.7 Å². The number of aromatic nitrogens is 4. The number of aromatic hydroxyl groups is 1. The molecule has 3 fully saturated rings. The lowest BCUT2D eigenvalue weighted by Crippen LogP contribution is -2.61. The van der Waals surface area contributed by atoms with Crippen molar-refractivity contribution >= 4 is 140 Å². The lowest BCUT2D eigenvalue weighted by molar-refractivity contribution is -0.149. The van der Waals surface area contributed by atoms with Crippen LogP contribution in [0.1, 0.15) is 140 Å². The van der Waals surface area contributed by atoms with Gasteiger partial charge in [-0.25, -0.2) is 4.98 Å². The van der Waals surface area contributed by atoms with Crippen molar-refractivity contribution in [3.63, 3.8) is 0 Å². The lowest BCUT2D eigenvalue weighted by Gasteiger charge is -2.36. The number of nitrogens with two attached hydrogens (primary N) is 2. The Hall–Kier alpha value is -13.5. The Bertz CT molecular complexity index is 5100. The molecule has 708 valence electrons. The summed E-state index contributed by atoms with van der Waals surface area (Å²) in [5.74, 6) is -18.7. The third-order valence-corrected chi connectivity index (χ3v) is 24.7. The topological polar surface area (TPSA) is 617 Å². The Morgan fingerprint density at radius 3 is 1.60 bits per heavy atom. The molecule has 3 aromatic heterocycles. The van der Waals surface area contributed by atoms with Gasteiger partial charge in [0.1, 0.15) is 90.3 Å². The van der Waals surface area contributed by atoms with Crippen LogP contribution in [0.3, 0.4) is 0 Å².